The summed E-state index contributed by atoms with van der Waals surface area (Å²) in [5.74, 6) is -0.417. The molecule has 1 N–H and O–H groups in total. The number of hydrogen-bond donors (Lipinski definition) is 1. The molecule has 0 spiro atoms. The van der Waals surface area contributed by atoms with E-state index in [-0.39, 0.29) is 18.2 Å². The van der Waals surface area contributed by atoms with Crippen molar-refractivity contribution in [2.45, 2.75) is 33.6 Å². The highest BCUT2D eigenvalue weighted by molar-refractivity contribution is 6.10. The predicted octanol–water partition coefficient (Wildman–Crippen LogP) is 3.53. The van der Waals surface area contributed by atoms with Crippen molar-refractivity contribution < 1.29 is 9.59 Å². The molecule has 0 aliphatic carbocycles. The number of amides is 2. The first-order valence-electron chi connectivity index (χ1n) is 8.21. The molecule has 2 amide bonds. The lowest BCUT2D eigenvalue weighted by Gasteiger charge is -2.18. The number of rotatable bonds is 3. The highest BCUT2D eigenvalue weighted by Crippen LogP contribution is 2.28. The van der Waals surface area contributed by atoms with E-state index in [2.05, 4.69) is 5.32 Å². The van der Waals surface area contributed by atoms with Crippen molar-refractivity contribution in [1.82, 2.24) is 0 Å². The Balaban J connectivity index is 1.69. The van der Waals surface area contributed by atoms with Crippen molar-refractivity contribution in [1.29, 1.82) is 0 Å². The smallest absolute Gasteiger partial charge is 0.236 e. The summed E-state index contributed by atoms with van der Waals surface area (Å²) in [6.45, 7) is 6.61. The van der Waals surface area contributed by atoms with E-state index in [9.17, 15) is 9.59 Å². The molecule has 1 heterocycles. The zero-order valence-corrected chi connectivity index (χ0v) is 14.3. The molecule has 24 heavy (non-hydrogen) atoms. The molecule has 0 saturated carbocycles. The molecule has 2 aromatic carbocycles. The van der Waals surface area contributed by atoms with Gasteiger partial charge in [0.1, 0.15) is 6.42 Å². The summed E-state index contributed by atoms with van der Waals surface area (Å²) >= 11 is 0. The molecule has 0 bridgehead atoms. The van der Waals surface area contributed by atoms with Gasteiger partial charge in [-0.15, -0.1) is 0 Å². The Kier molecular flexibility index (Phi) is 4.38. The van der Waals surface area contributed by atoms with Crippen LogP contribution in [0.5, 0.6) is 0 Å². The Bertz CT molecular complexity index is 788. The summed E-state index contributed by atoms with van der Waals surface area (Å²) in [5, 5.41) is 2.90. The first kappa shape index (κ1) is 16.2. The number of nitrogens with one attached hydrogen (secondary N) is 1. The first-order valence-corrected chi connectivity index (χ1v) is 8.21. The summed E-state index contributed by atoms with van der Waals surface area (Å²) in [7, 11) is 0. The van der Waals surface area contributed by atoms with Crippen molar-refractivity contribution in [3.8, 4) is 0 Å². The lowest BCUT2D eigenvalue weighted by atomic mass is 10.0. The fourth-order valence-electron chi connectivity index (χ4n) is 3.39. The normalized spacial score (nSPS) is 12.9. The van der Waals surface area contributed by atoms with Crippen LogP contribution in [0.3, 0.4) is 0 Å². The molecule has 0 radical (unpaired) electrons. The molecule has 0 unspecified atom stereocenters. The number of carbonyl (C=O) groups is 2. The minimum atomic E-state index is -0.264. The van der Waals surface area contributed by atoms with Gasteiger partial charge in [-0.1, -0.05) is 35.9 Å². The van der Waals surface area contributed by atoms with Gasteiger partial charge in [0.2, 0.25) is 11.8 Å². The van der Waals surface area contributed by atoms with Crippen molar-refractivity contribution in [3.05, 3.63) is 58.7 Å². The number of benzene rings is 2. The SMILES string of the molecule is Cc1cc(C)c(NC(=O)CC(=O)N2CCc3ccccc32)c(C)c1. The quantitative estimate of drug-likeness (QED) is 0.879. The molecule has 3 rings (SSSR count). The minimum Gasteiger partial charge on any atom is -0.325 e. The Morgan fingerprint density at radius 3 is 2.46 bits per heavy atom. The van der Waals surface area contributed by atoms with Gasteiger partial charge in [0.15, 0.2) is 0 Å². The van der Waals surface area contributed by atoms with Crippen LogP contribution in [0.4, 0.5) is 11.4 Å². The van der Waals surface area contributed by atoms with Gasteiger partial charge in [0, 0.05) is 17.9 Å². The fraction of sp³-hybridized carbons (Fsp3) is 0.300. The standard InChI is InChI=1S/C20H22N2O2/c1-13-10-14(2)20(15(3)11-13)21-18(23)12-19(24)22-9-8-16-6-4-5-7-17(16)22/h4-7,10-11H,8-9,12H2,1-3H3,(H,21,23). The third kappa shape index (κ3) is 3.18. The third-order valence-electron chi connectivity index (χ3n) is 4.44. The van der Waals surface area contributed by atoms with Gasteiger partial charge in [0.25, 0.3) is 0 Å². The minimum absolute atomic E-state index is 0.138. The van der Waals surface area contributed by atoms with Crippen molar-refractivity contribution in [2.75, 3.05) is 16.8 Å². The van der Waals surface area contributed by atoms with E-state index in [1.54, 1.807) is 4.90 Å². The van der Waals surface area contributed by atoms with Gasteiger partial charge in [-0.25, -0.2) is 0 Å². The van der Waals surface area contributed by atoms with Crippen molar-refractivity contribution >= 4 is 23.2 Å². The summed E-state index contributed by atoms with van der Waals surface area (Å²) < 4.78 is 0. The summed E-state index contributed by atoms with van der Waals surface area (Å²) in [5.41, 5.74) is 6.09. The van der Waals surface area contributed by atoms with E-state index < -0.39 is 0 Å². The van der Waals surface area contributed by atoms with E-state index in [4.69, 9.17) is 0 Å². The molecule has 0 fully saturated rings. The van der Waals surface area contributed by atoms with Crippen LogP contribution in [0, 0.1) is 20.8 Å². The topological polar surface area (TPSA) is 49.4 Å². The highest BCUT2D eigenvalue weighted by atomic mass is 16.2. The number of hydrogen-bond acceptors (Lipinski definition) is 2. The van der Waals surface area contributed by atoms with Crippen LogP contribution >= 0.6 is 0 Å². The van der Waals surface area contributed by atoms with Crippen LogP contribution in [0.2, 0.25) is 0 Å². The molecule has 0 aromatic heterocycles. The maximum Gasteiger partial charge on any atom is 0.236 e. The van der Waals surface area contributed by atoms with Gasteiger partial charge >= 0.3 is 0 Å². The molecular weight excluding hydrogens is 300 g/mol. The van der Waals surface area contributed by atoms with Crippen LogP contribution in [-0.4, -0.2) is 18.4 Å². The maximum absolute atomic E-state index is 12.5. The van der Waals surface area contributed by atoms with E-state index in [0.717, 1.165) is 40.0 Å². The number of nitrogens with zero attached hydrogens (tertiary/aromatic N) is 1. The molecule has 2 aromatic rings. The number of fused-ring (bicyclic) bond motifs is 1. The molecule has 0 saturated heterocycles. The van der Waals surface area contributed by atoms with Gasteiger partial charge in [0.05, 0.1) is 0 Å². The average molecular weight is 322 g/mol. The second kappa shape index (κ2) is 6.48. The predicted molar refractivity (Wildman–Crippen MR) is 96.4 cm³/mol. The van der Waals surface area contributed by atoms with Crippen molar-refractivity contribution in [2.24, 2.45) is 0 Å². The van der Waals surface area contributed by atoms with Gasteiger partial charge in [-0.05, 0) is 49.9 Å². The molecule has 124 valence electrons. The lowest BCUT2D eigenvalue weighted by Crippen LogP contribution is -2.32. The fourth-order valence-corrected chi connectivity index (χ4v) is 3.39. The Hall–Kier alpha value is -2.62. The summed E-state index contributed by atoms with van der Waals surface area (Å²) in [6, 6.07) is 11.9. The molecule has 1 aliphatic heterocycles. The van der Waals surface area contributed by atoms with Crippen LogP contribution in [0.15, 0.2) is 36.4 Å². The number of anilines is 2. The van der Waals surface area contributed by atoms with Gasteiger partial charge in [-0.2, -0.15) is 0 Å². The molecule has 4 heteroatoms. The molecule has 4 nitrogen and oxygen atoms in total. The lowest BCUT2D eigenvalue weighted by molar-refractivity contribution is -0.125. The molecule has 0 atom stereocenters. The Morgan fingerprint density at radius 1 is 1.08 bits per heavy atom. The van der Waals surface area contributed by atoms with Gasteiger partial charge < -0.3 is 10.2 Å². The van der Waals surface area contributed by atoms with E-state index in [1.165, 1.54) is 0 Å². The zero-order chi connectivity index (χ0) is 17.3. The van der Waals surface area contributed by atoms with Crippen LogP contribution < -0.4 is 10.2 Å². The van der Waals surface area contributed by atoms with Crippen molar-refractivity contribution in [3.63, 3.8) is 0 Å². The highest BCUT2D eigenvalue weighted by Gasteiger charge is 2.25. The second-order valence-electron chi connectivity index (χ2n) is 6.42. The van der Waals surface area contributed by atoms with E-state index >= 15 is 0 Å². The molecule has 1 aliphatic rings. The average Bonchev–Trinajstić information content (AvgIpc) is 2.95. The summed E-state index contributed by atoms with van der Waals surface area (Å²) in [4.78, 5) is 26.5. The van der Waals surface area contributed by atoms with E-state index in [1.807, 2.05) is 57.2 Å². The second-order valence-corrected chi connectivity index (χ2v) is 6.42. The van der Waals surface area contributed by atoms with Gasteiger partial charge in [-0.3, -0.25) is 9.59 Å². The Morgan fingerprint density at radius 2 is 1.75 bits per heavy atom. The third-order valence-corrected chi connectivity index (χ3v) is 4.44. The van der Waals surface area contributed by atoms with Crippen LogP contribution in [0.25, 0.3) is 0 Å². The van der Waals surface area contributed by atoms with Crippen LogP contribution in [0.1, 0.15) is 28.7 Å². The number of para-hydroxylation sites is 1. The zero-order valence-electron chi connectivity index (χ0n) is 14.3. The molecular formula is C20H22N2O2. The Labute approximate surface area is 142 Å². The first-order chi connectivity index (χ1) is 11.5. The van der Waals surface area contributed by atoms with E-state index in [0.29, 0.717) is 6.54 Å². The largest absolute Gasteiger partial charge is 0.325 e. The monoisotopic (exact) mass is 322 g/mol. The number of carbonyl (C=O) groups excluding carboxylic acids is 2. The number of aryl methyl sites for hydroxylation is 3. The van der Waals surface area contributed by atoms with Crippen LogP contribution in [-0.2, 0) is 16.0 Å². The maximum atomic E-state index is 12.5. The summed E-state index contributed by atoms with van der Waals surface area (Å²) in [6.07, 6.45) is 0.709.